The fraction of sp³-hybridized carbons (Fsp3) is 0.722. The third-order valence-corrected chi connectivity index (χ3v) is 10.2. The van der Waals surface area contributed by atoms with Crippen molar-refractivity contribution in [1.29, 1.82) is 0 Å². The maximum absolute atomic E-state index is 11.6. The first-order valence-electron chi connectivity index (χ1n) is 17.8. The molecule has 43 heavy (non-hydrogen) atoms. The van der Waals surface area contributed by atoms with Gasteiger partial charge in [-0.1, -0.05) is 49.6 Å². The molecule has 0 spiro atoms. The number of hydrogen-bond donors (Lipinski definition) is 5. The highest BCUT2D eigenvalue weighted by molar-refractivity contribution is 5.40. The summed E-state index contributed by atoms with van der Waals surface area (Å²) in [6.07, 6.45) is 25.0. The van der Waals surface area contributed by atoms with Crippen LogP contribution in [-0.4, -0.2) is 84.9 Å². The zero-order chi connectivity index (χ0) is 29.5. The molecule has 4 atom stereocenters. The number of allylic oxidation sites excluding steroid dienone is 2. The van der Waals surface area contributed by atoms with Crippen LogP contribution < -0.4 is 21.3 Å². The number of aromatic hydroxyl groups is 1. The molecule has 7 heteroatoms. The molecule has 240 valence electrons. The maximum atomic E-state index is 11.6. The summed E-state index contributed by atoms with van der Waals surface area (Å²) < 4.78 is 0. The second-order valence-corrected chi connectivity index (χ2v) is 13.6. The first-order chi connectivity index (χ1) is 21.2. The van der Waals surface area contributed by atoms with Crippen LogP contribution in [0.4, 0.5) is 0 Å². The van der Waals surface area contributed by atoms with Gasteiger partial charge >= 0.3 is 0 Å². The summed E-state index contributed by atoms with van der Waals surface area (Å²) in [5, 5.41) is 26.3. The molecule has 0 bridgehead atoms. The van der Waals surface area contributed by atoms with E-state index in [2.05, 4.69) is 73.7 Å². The lowest BCUT2D eigenvalue weighted by Gasteiger charge is -2.31. The molecule has 4 unspecified atom stereocenters. The second-order valence-electron chi connectivity index (χ2n) is 13.6. The number of piperidine rings is 3. The third-order valence-electron chi connectivity index (χ3n) is 10.2. The molecule has 5 N–H and O–H groups in total. The monoisotopic (exact) mass is 592 g/mol. The predicted molar refractivity (Wildman–Crippen MR) is 179 cm³/mol. The van der Waals surface area contributed by atoms with Crippen LogP contribution in [-0.2, 0) is 13.1 Å². The number of para-hydroxylation sites is 1. The van der Waals surface area contributed by atoms with Gasteiger partial charge in [-0.2, -0.15) is 0 Å². The summed E-state index contributed by atoms with van der Waals surface area (Å²) >= 11 is 0. The van der Waals surface area contributed by atoms with Gasteiger partial charge in [0, 0.05) is 54.9 Å². The Kier molecular flexibility index (Phi) is 13.7. The van der Waals surface area contributed by atoms with Crippen molar-refractivity contribution in [3.8, 4) is 5.75 Å². The van der Waals surface area contributed by atoms with Crippen LogP contribution in [0.25, 0.3) is 0 Å². The lowest BCUT2D eigenvalue weighted by molar-refractivity contribution is 0.216. The molecule has 3 fully saturated rings. The van der Waals surface area contributed by atoms with Crippen molar-refractivity contribution in [1.82, 2.24) is 31.1 Å². The zero-order valence-corrected chi connectivity index (χ0v) is 26.7. The van der Waals surface area contributed by atoms with E-state index >= 15 is 0 Å². The summed E-state index contributed by atoms with van der Waals surface area (Å²) in [7, 11) is 0. The van der Waals surface area contributed by atoms with Crippen LogP contribution in [0.5, 0.6) is 5.75 Å². The lowest BCUT2D eigenvalue weighted by Crippen LogP contribution is -2.40. The summed E-state index contributed by atoms with van der Waals surface area (Å²) in [6.45, 7) is 9.36. The number of nitrogens with zero attached hydrogens (tertiary/aromatic N) is 2. The molecule has 5 rings (SSSR count). The normalized spacial score (nSPS) is 26.2. The van der Waals surface area contributed by atoms with E-state index in [1.165, 1.54) is 77.0 Å². The molecule has 0 aromatic heterocycles. The number of hydrogen-bond acceptors (Lipinski definition) is 7. The Labute approximate surface area is 261 Å². The zero-order valence-electron chi connectivity index (χ0n) is 26.7. The first-order valence-corrected chi connectivity index (χ1v) is 17.8. The van der Waals surface area contributed by atoms with Crippen LogP contribution in [0.15, 0.2) is 42.6 Å². The average Bonchev–Trinajstić information content (AvgIpc) is 3.07. The van der Waals surface area contributed by atoms with Gasteiger partial charge in [-0.3, -0.25) is 9.80 Å². The molecule has 3 saturated heterocycles. The summed E-state index contributed by atoms with van der Waals surface area (Å²) in [5.74, 6) is 0.512. The Bertz CT molecular complexity index is 958. The van der Waals surface area contributed by atoms with Crippen molar-refractivity contribution < 1.29 is 5.11 Å². The number of benzene rings is 1. The van der Waals surface area contributed by atoms with Gasteiger partial charge in [-0.25, -0.2) is 0 Å². The number of rotatable bonds is 16. The van der Waals surface area contributed by atoms with Gasteiger partial charge in [0.15, 0.2) is 0 Å². The summed E-state index contributed by atoms with van der Waals surface area (Å²) in [5.41, 5.74) is 2.16. The van der Waals surface area contributed by atoms with Gasteiger partial charge in [0.25, 0.3) is 0 Å². The van der Waals surface area contributed by atoms with Gasteiger partial charge in [0.2, 0.25) is 0 Å². The summed E-state index contributed by atoms with van der Waals surface area (Å²) in [6, 6.07) is 8.76. The minimum Gasteiger partial charge on any atom is -0.507 e. The fourth-order valence-electron chi connectivity index (χ4n) is 7.44. The first kappa shape index (κ1) is 32.5. The SMILES string of the molecule is Oc1c(CN(CCC2C=CC=CN2)CCC2CCCCN2)cccc1CN(CCC1CCCCN1)CCC1CCCCN1. The van der Waals surface area contributed by atoms with Gasteiger partial charge in [-0.15, -0.1) is 0 Å². The third kappa shape index (κ3) is 11.2. The van der Waals surface area contributed by atoms with E-state index in [1.807, 2.05) is 0 Å². The maximum Gasteiger partial charge on any atom is 0.124 e. The van der Waals surface area contributed by atoms with Crippen molar-refractivity contribution in [2.75, 3.05) is 45.8 Å². The number of nitrogens with one attached hydrogen (secondary N) is 4. The predicted octanol–water partition coefficient (Wildman–Crippen LogP) is 5.02. The Morgan fingerprint density at radius 1 is 0.628 bits per heavy atom. The Balaban J connectivity index is 1.21. The van der Waals surface area contributed by atoms with Crippen molar-refractivity contribution in [2.45, 2.75) is 121 Å². The van der Waals surface area contributed by atoms with E-state index in [0.29, 0.717) is 29.9 Å². The molecule has 7 nitrogen and oxygen atoms in total. The van der Waals surface area contributed by atoms with E-state index in [4.69, 9.17) is 0 Å². The Morgan fingerprint density at radius 2 is 1.12 bits per heavy atom. The molecule has 4 aliphatic heterocycles. The van der Waals surface area contributed by atoms with Crippen LogP contribution in [0.1, 0.15) is 94.6 Å². The van der Waals surface area contributed by atoms with E-state index in [-0.39, 0.29) is 0 Å². The molecule has 4 heterocycles. The molecule has 0 amide bonds. The number of phenolic OH excluding ortho intramolecular Hbond substituents is 1. The quantitative estimate of drug-likeness (QED) is 0.185. The van der Waals surface area contributed by atoms with Crippen LogP contribution in [0, 0.1) is 0 Å². The fourth-order valence-corrected chi connectivity index (χ4v) is 7.44. The summed E-state index contributed by atoms with van der Waals surface area (Å²) in [4.78, 5) is 5.19. The molecule has 1 aromatic rings. The van der Waals surface area contributed by atoms with Crippen LogP contribution in [0.3, 0.4) is 0 Å². The smallest absolute Gasteiger partial charge is 0.124 e. The topological polar surface area (TPSA) is 74.8 Å². The standard InChI is InChI=1S/C36H60N6O/c43-36-30(28-41(24-16-32-12-1-5-20-37-32)25-17-33-13-2-6-21-38-33)10-9-11-31(36)29-42(26-18-34-14-3-7-22-39-34)27-19-35-15-4-8-23-40-35/h1,5,9-12,20,32-35,37-40,43H,2-4,6-8,13-19,21-29H2. The van der Waals surface area contributed by atoms with E-state index in [0.717, 1.165) is 76.5 Å². The van der Waals surface area contributed by atoms with Crippen molar-refractivity contribution in [3.05, 3.63) is 53.8 Å². The highest BCUT2D eigenvalue weighted by Gasteiger charge is 2.21. The van der Waals surface area contributed by atoms with E-state index in [9.17, 15) is 5.11 Å². The number of phenols is 1. The molecule has 0 aliphatic carbocycles. The highest BCUT2D eigenvalue weighted by atomic mass is 16.3. The lowest BCUT2D eigenvalue weighted by atomic mass is 10.00. The molecular weight excluding hydrogens is 532 g/mol. The van der Waals surface area contributed by atoms with Gasteiger partial charge < -0.3 is 26.4 Å². The molecule has 0 saturated carbocycles. The Morgan fingerprint density at radius 3 is 1.53 bits per heavy atom. The second kappa shape index (κ2) is 18.2. The molecule has 0 radical (unpaired) electrons. The van der Waals surface area contributed by atoms with Crippen molar-refractivity contribution in [3.63, 3.8) is 0 Å². The molecule has 4 aliphatic rings. The highest BCUT2D eigenvalue weighted by Crippen LogP contribution is 2.27. The van der Waals surface area contributed by atoms with E-state index in [1.54, 1.807) is 0 Å². The Hall–Kier alpha value is -1.90. The molecule has 1 aromatic carbocycles. The molecular formula is C36H60N6O. The van der Waals surface area contributed by atoms with E-state index < -0.39 is 0 Å². The minimum absolute atomic E-state index is 0.381. The van der Waals surface area contributed by atoms with Crippen LogP contribution in [0.2, 0.25) is 0 Å². The average molecular weight is 593 g/mol. The van der Waals surface area contributed by atoms with Crippen LogP contribution >= 0.6 is 0 Å². The van der Waals surface area contributed by atoms with Gasteiger partial charge in [0.1, 0.15) is 5.75 Å². The van der Waals surface area contributed by atoms with Crippen molar-refractivity contribution in [2.24, 2.45) is 0 Å². The minimum atomic E-state index is 0.381. The van der Waals surface area contributed by atoms with Gasteiger partial charge in [0.05, 0.1) is 0 Å². The van der Waals surface area contributed by atoms with Crippen molar-refractivity contribution >= 4 is 0 Å². The van der Waals surface area contributed by atoms with Gasteiger partial charge in [-0.05, 0) is 116 Å². The largest absolute Gasteiger partial charge is 0.507 e. The number of dihydropyridines is 1.